The highest BCUT2D eigenvalue weighted by atomic mass is 32.1. The Morgan fingerprint density at radius 1 is 0.971 bits per heavy atom. The van der Waals surface area contributed by atoms with E-state index in [4.69, 9.17) is 9.47 Å². The van der Waals surface area contributed by atoms with Crippen LogP contribution in [0.25, 0.3) is 0 Å². The Morgan fingerprint density at radius 2 is 1.71 bits per heavy atom. The molecule has 1 aliphatic carbocycles. The van der Waals surface area contributed by atoms with Crippen LogP contribution < -0.4 is 19.7 Å². The number of hydrogen-bond acceptors (Lipinski definition) is 5. The zero-order valence-corrected chi connectivity index (χ0v) is 21.1. The first-order valence-electron chi connectivity index (χ1n) is 12.0. The minimum absolute atomic E-state index is 0.120. The molecule has 0 aliphatic heterocycles. The van der Waals surface area contributed by atoms with E-state index < -0.39 is 6.04 Å². The van der Waals surface area contributed by atoms with Gasteiger partial charge in [-0.3, -0.25) is 14.5 Å². The van der Waals surface area contributed by atoms with Gasteiger partial charge in [-0.1, -0.05) is 37.5 Å². The van der Waals surface area contributed by atoms with Gasteiger partial charge in [0.15, 0.2) is 0 Å². The Kier molecular flexibility index (Phi) is 8.42. The zero-order chi connectivity index (χ0) is 24.6. The Morgan fingerprint density at radius 3 is 2.37 bits per heavy atom. The second kappa shape index (κ2) is 11.9. The summed E-state index contributed by atoms with van der Waals surface area (Å²) in [7, 11) is 3.20. The van der Waals surface area contributed by atoms with Crippen LogP contribution in [0.1, 0.15) is 48.6 Å². The molecule has 2 aromatic carbocycles. The van der Waals surface area contributed by atoms with Crippen molar-refractivity contribution in [3.05, 3.63) is 76.5 Å². The molecule has 1 heterocycles. The van der Waals surface area contributed by atoms with Crippen molar-refractivity contribution in [2.75, 3.05) is 19.1 Å². The molecule has 0 unspecified atom stereocenters. The topological polar surface area (TPSA) is 67.9 Å². The summed E-state index contributed by atoms with van der Waals surface area (Å²) in [5.41, 5.74) is 1.34. The van der Waals surface area contributed by atoms with Gasteiger partial charge in [-0.25, -0.2) is 0 Å². The van der Waals surface area contributed by atoms with Crippen molar-refractivity contribution in [3.8, 4) is 11.5 Å². The zero-order valence-electron chi connectivity index (χ0n) is 20.2. The van der Waals surface area contributed by atoms with Gasteiger partial charge >= 0.3 is 0 Å². The fraction of sp³-hybridized carbons (Fsp3) is 0.357. The van der Waals surface area contributed by atoms with Gasteiger partial charge in [0.2, 0.25) is 11.8 Å². The Balaban J connectivity index is 1.76. The highest BCUT2D eigenvalue weighted by Gasteiger charge is 2.34. The van der Waals surface area contributed by atoms with Gasteiger partial charge in [0.1, 0.15) is 17.5 Å². The van der Waals surface area contributed by atoms with Gasteiger partial charge < -0.3 is 14.8 Å². The number of thiophene rings is 1. The number of nitrogens with one attached hydrogen (secondary N) is 1. The second-order valence-corrected chi connectivity index (χ2v) is 9.77. The second-order valence-electron chi connectivity index (χ2n) is 8.74. The SMILES string of the molecule is COc1ccc(N(C(=O)Cc2cccs2)[C@@H](C(=O)NC2CCCCC2)c2cccc(OC)c2)cc1. The Bertz CT molecular complexity index is 1110. The molecule has 0 spiro atoms. The minimum Gasteiger partial charge on any atom is -0.497 e. The molecule has 1 fully saturated rings. The third kappa shape index (κ3) is 6.22. The van der Waals surface area contributed by atoms with Gasteiger partial charge in [0, 0.05) is 16.6 Å². The summed E-state index contributed by atoms with van der Waals surface area (Å²) in [6.45, 7) is 0. The number of nitrogens with zero attached hydrogens (tertiary/aromatic N) is 1. The standard InChI is InChI=1S/C28H32N2O4S/c1-33-23-15-13-22(14-16-23)30(26(31)19-25-12-7-17-35-25)27(20-8-6-11-24(18-20)34-2)28(32)29-21-9-4-3-5-10-21/h6-8,11-18,21,27H,3-5,9-10,19H2,1-2H3,(H,29,32)/t27-/m1/s1. The Labute approximate surface area is 210 Å². The van der Waals surface area contributed by atoms with Gasteiger partial charge in [-0.05, 0) is 66.2 Å². The first-order valence-corrected chi connectivity index (χ1v) is 12.9. The predicted molar refractivity (Wildman–Crippen MR) is 139 cm³/mol. The summed E-state index contributed by atoms with van der Waals surface area (Å²) in [5, 5.41) is 5.20. The fourth-order valence-corrected chi connectivity index (χ4v) is 5.28. The molecule has 7 heteroatoms. The molecule has 1 N–H and O–H groups in total. The minimum atomic E-state index is -0.840. The molecule has 2 amide bonds. The molecule has 35 heavy (non-hydrogen) atoms. The largest absolute Gasteiger partial charge is 0.497 e. The molecular weight excluding hydrogens is 460 g/mol. The summed E-state index contributed by atoms with van der Waals surface area (Å²) >= 11 is 1.53. The van der Waals surface area contributed by atoms with Crippen LogP contribution in [-0.4, -0.2) is 32.1 Å². The van der Waals surface area contributed by atoms with Crippen molar-refractivity contribution in [1.29, 1.82) is 0 Å². The van der Waals surface area contributed by atoms with Crippen LogP contribution in [0.15, 0.2) is 66.0 Å². The van der Waals surface area contributed by atoms with E-state index in [2.05, 4.69) is 5.32 Å². The molecule has 1 saturated carbocycles. The average Bonchev–Trinajstić information content (AvgIpc) is 3.40. The molecule has 1 aromatic heterocycles. The van der Waals surface area contributed by atoms with Crippen LogP contribution in [0.3, 0.4) is 0 Å². The fourth-order valence-electron chi connectivity index (χ4n) is 4.58. The molecule has 184 valence electrons. The predicted octanol–water partition coefficient (Wildman–Crippen LogP) is 5.53. The summed E-state index contributed by atoms with van der Waals surface area (Å²) in [6, 6.07) is 17.8. The van der Waals surface area contributed by atoms with Crippen molar-refractivity contribution in [3.63, 3.8) is 0 Å². The number of hydrogen-bond donors (Lipinski definition) is 1. The van der Waals surface area contributed by atoms with Crippen molar-refractivity contribution in [1.82, 2.24) is 5.32 Å². The molecule has 6 nitrogen and oxygen atoms in total. The maximum atomic E-state index is 13.9. The highest BCUT2D eigenvalue weighted by molar-refractivity contribution is 7.10. The highest BCUT2D eigenvalue weighted by Crippen LogP contribution is 2.32. The summed E-state index contributed by atoms with van der Waals surface area (Å²) in [4.78, 5) is 30.3. The third-order valence-corrected chi connectivity index (χ3v) is 7.27. The van der Waals surface area contributed by atoms with E-state index in [-0.39, 0.29) is 24.3 Å². The van der Waals surface area contributed by atoms with E-state index in [1.54, 1.807) is 19.1 Å². The number of carbonyl (C=O) groups excluding carboxylic acids is 2. The van der Waals surface area contributed by atoms with E-state index in [1.807, 2.05) is 66.0 Å². The van der Waals surface area contributed by atoms with Crippen molar-refractivity contribution >= 4 is 28.8 Å². The van der Waals surface area contributed by atoms with Crippen LogP contribution in [0.5, 0.6) is 11.5 Å². The monoisotopic (exact) mass is 492 g/mol. The first-order chi connectivity index (χ1) is 17.1. The molecule has 1 aliphatic rings. The van der Waals surface area contributed by atoms with Gasteiger partial charge in [0.05, 0.1) is 20.6 Å². The van der Waals surface area contributed by atoms with Crippen molar-refractivity contribution < 1.29 is 19.1 Å². The van der Waals surface area contributed by atoms with Crippen LogP contribution in [0.4, 0.5) is 5.69 Å². The maximum absolute atomic E-state index is 13.9. The van der Waals surface area contributed by atoms with Gasteiger partial charge in [-0.15, -0.1) is 11.3 Å². The number of carbonyl (C=O) groups is 2. The smallest absolute Gasteiger partial charge is 0.248 e. The first kappa shape index (κ1) is 24.8. The molecule has 4 rings (SSSR count). The maximum Gasteiger partial charge on any atom is 0.248 e. The van der Waals surface area contributed by atoms with E-state index in [0.717, 1.165) is 30.6 Å². The lowest BCUT2D eigenvalue weighted by Crippen LogP contribution is -2.47. The summed E-state index contributed by atoms with van der Waals surface area (Å²) in [6.07, 6.45) is 5.54. The van der Waals surface area contributed by atoms with Gasteiger partial charge in [0.25, 0.3) is 0 Å². The van der Waals surface area contributed by atoms with Crippen LogP contribution in [0, 0.1) is 0 Å². The number of rotatable bonds is 9. The number of ether oxygens (including phenoxy) is 2. The summed E-state index contributed by atoms with van der Waals surface area (Å²) in [5.74, 6) is 0.993. The third-order valence-electron chi connectivity index (χ3n) is 6.39. The lowest BCUT2D eigenvalue weighted by molar-refractivity contribution is -0.127. The van der Waals surface area contributed by atoms with E-state index in [9.17, 15) is 9.59 Å². The molecule has 1 atom stereocenters. The normalized spacial score (nSPS) is 14.7. The number of amides is 2. The number of methoxy groups -OCH3 is 2. The van der Waals surface area contributed by atoms with Crippen LogP contribution in [-0.2, 0) is 16.0 Å². The lowest BCUT2D eigenvalue weighted by Gasteiger charge is -2.33. The number of anilines is 1. The van der Waals surface area contributed by atoms with Gasteiger partial charge in [-0.2, -0.15) is 0 Å². The van der Waals surface area contributed by atoms with E-state index in [1.165, 1.54) is 17.8 Å². The van der Waals surface area contributed by atoms with Crippen LogP contribution >= 0.6 is 11.3 Å². The molecular formula is C28H32N2O4S. The molecule has 3 aromatic rings. The quantitative estimate of drug-likeness (QED) is 0.426. The number of benzene rings is 2. The molecule has 0 radical (unpaired) electrons. The van der Waals surface area contributed by atoms with E-state index in [0.29, 0.717) is 22.7 Å². The summed E-state index contributed by atoms with van der Waals surface area (Å²) < 4.78 is 10.8. The van der Waals surface area contributed by atoms with E-state index >= 15 is 0 Å². The molecule has 0 saturated heterocycles. The Hall–Kier alpha value is -3.32. The van der Waals surface area contributed by atoms with Crippen molar-refractivity contribution in [2.24, 2.45) is 0 Å². The van der Waals surface area contributed by atoms with Crippen molar-refractivity contribution in [2.45, 2.75) is 50.6 Å². The molecule has 0 bridgehead atoms. The average molecular weight is 493 g/mol. The van der Waals surface area contributed by atoms with Crippen LogP contribution in [0.2, 0.25) is 0 Å². The lowest BCUT2D eigenvalue weighted by atomic mass is 9.94.